The third-order valence-corrected chi connectivity index (χ3v) is 5.61. The summed E-state index contributed by atoms with van der Waals surface area (Å²) >= 11 is 0. The number of anilines is 4. The predicted octanol–water partition coefficient (Wildman–Crippen LogP) is 5.28. The number of aryl methyl sites for hydroxylation is 1. The molecule has 1 aromatic heterocycles. The average molecular weight is 396 g/mol. The van der Waals surface area contributed by atoms with Crippen molar-refractivity contribution < 1.29 is 4.79 Å². The Balaban J connectivity index is 1.56. The minimum absolute atomic E-state index is 0.100. The first kappa shape index (κ1) is 21.1. The fourth-order valence-electron chi connectivity index (χ4n) is 3.94. The van der Waals surface area contributed by atoms with E-state index in [9.17, 15) is 4.79 Å². The van der Waals surface area contributed by atoms with Gasteiger partial charge in [0.15, 0.2) is 0 Å². The highest BCUT2D eigenvalue weighted by Gasteiger charge is 2.16. The van der Waals surface area contributed by atoms with Crippen LogP contribution in [-0.4, -0.2) is 29.0 Å². The molecule has 1 saturated carbocycles. The molecule has 0 atom stereocenters. The zero-order valence-corrected chi connectivity index (χ0v) is 17.9. The van der Waals surface area contributed by atoms with Gasteiger partial charge in [-0.3, -0.25) is 4.79 Å². The summed E-state index contributed by atoms with van der Waals surface area (Å²) in [5.41, 5.74) is 2.64. The van der Waals surface area contributed by atoms with E-state index in [2.05, 4.69) is 39.3 Å². The number of carbonyl (C=O) groups is 1. The van der Waals surface area contributed by atoms with E-state index >= 15 is 0 Å². The Kier molecular flexibility index (Phi) is 7.44. The van der Waals surface area contributed by atoms with Crippen molar-refractivity contribution >= 4 is 29.0 Å². The lowest BCUT2D eigenvalue weighted by molar-refractivity contribution is -0.116. The summed E-state index contributed by atoms with van der Waals surface area (Å²) in [7, 11) is 0. The van der Waals surface area contributed by atoms with Gasteiger partial charge in [0.25, 0.3) is 0 Å². The molecule has 0 aliphatic heterocycles. The van der Waals surface area contributed by atoms with Crippen LogP contribution in [0.2, 0.25) is 0 Å². The zero-order valence-electron chi connectivity index (χ0n) is 17.9. The minimum Gasteiger partial charge on any atom is -0.357 e. The van der Waals surface area contributed by atoms with Crippen molar-refractivity contribution in [3.8, 4) is 0 Å². The van der Waals surface area contributed by atoms with E-state index in [0.717, 1.165) is 48.3 Å². The Labute approximate surface area is 174 Å². The second kappa shape index (κ2) is 10.2. The van der Waals surface area contributed by atoms with Gasteiger partial charge in [-0.05, 0) is 57.4 Å². The van der Waals surface area contributed by atoms with Gasteiger partial charge in [0, 0.05) is 42.6 Å². The van der Waals surface area contributed by atoms with Crippen molar-refractivity contribution in [3.05, 3.63) is 36.0 Å². The van der Waals surface area contributed by atoms with Crippen LogP contribution in [0.25, 0.3) is 0 Å². The van der Waals surface area contributed by atoms with Crippen LogP contribution in [-0.2, 0) is 4.79 Å². The molecule has 0 saturated heterocycles. The van der Waals surface area contributed by atoms with Gasteiger partial charge in [-0.2, -0.15) is 4.98 Å². The molecule has 0 unspecified atom stereocenters. The predicted molar refractivity (Wildman–Crippen MR) is 120 cm³/mol. The van der Waals surface area contributed by atoms with E-state index in [-0.39, 0.29) is 5.91 Å². The highest BCUT2D eigenvalue weighted by molar-refractivity contribution is 5.90. The monoisotopic (exact) mass is 395 g/mol. The smallest absolute Gasteiger partial charge is 0.229 e. The Morgan fingerprint density at radius 2 is 1.72 bits per heavy atom. The van der Waals surface area contributed by atoms with Gasteiger partial charge in [-0.1, -0.05) is 25.7 Å². The fourth-order valence-corrected chi connectivity index (χ4v) is 3.94. The highest BCUT2D eigenvalue weighted by Crippen LogP contribution is 2.28. The number of rotatable bonds is 9. The fraction of sp³-hybridized carbons (Fsp3) is 0.522. The molecule has 2 N–H and O–H groups in total. The van der Waals surface area contributed by atoms with Crippen molar-refractivity contribution in [1.29, 1.82) is 0 Å². The van der Waals surface area contributed by atoms with Crippen LogP contribution < -0.4 is 15.5 Å². The second-order valence-electron chi connectivity index (χ2n) is 7.80. The van der Waals surface area contributed by atoms with Gasteiger partial charge in [0.1, 0.15) is 5.82 Å². The molecule has 1 aromatic carbocycles. The zero-order chi connectivity index (χ0) is 20.6. The summed E-state index contributed by atoms with van der Waals surface area (Å²) in [6, 6.07) is 9.71. The third-order valence-electron chi connectivity index (χ3n) is 5.61. The molecule has 1 heterocycles. The normalized spacial score (nSPS) is 14.0. The molecule has 0 radical (unpaired) electrons. The quantitative estimate of drug-likeness (QED) is 0.604. The standard InChI is InChI=1S/C23H33N5O/c1-4-28(5-2)21-16-17(3)24-23(27-21)26-20-13-11-19(12-14-20)25-22(29)15-10-18-8-6-7-9-18/h11-14,16,18H,4-10,15H2,1-3H3,(H,25,29)(H,24,26,27). The molecular weight excluding hydrogens is 362 g/mol. The summed E-state index contributed by atoms with van der Waals surface area (Å²) < 4.78 is 0. The van der Waals surface area contributed by atoms with Gasteiger partial charge in [-0.25, -0.2) is 4.98 Å². The van der Waals surface area contributed by atoms with Crippen molar-refractivity contribution in [2.45, 2.75) is 59.3 Å². The van der Waals surface area contributed by atoms with Crippen LogP contribution >= 0.6 is 0 Å². The largest absolute Gasteiger partial charge is 0.357 e. The lowest BCUT2D eigenvalue weighted by Crippen LogP contribution is -2.23. The SMILES string of the molecule is CCN(CC)c1cc(C)nc(Nc2ccc(NC(=O)CCC3CCCC3)cc2)n1. The van der Waals surface area contributed by atoms with Crippen molar-refractivity contribution in [1.82, 2.24) is 9.97 Å². The summed E-state index contributed by atoms with van der Waals surface area (Å²) in [5, 5.41) is 6.27. The lowest BCUT2D eigenvalue weighted by Gasteiger charge is -2.20. The maximum atomic E-state index is 12.2. The van der Waals surface area contributed by atoms with Gasteiger partial charge in [-0.15, -0.1) is 0 Å². The first-order chi connectivity index (χ1) is 14.1. The maximum absolute atomic E-state index is 12.2. The van der Waals surface area contributed by atoms with Gasteiger partial charge < -0.3 is 15.5 Å². The Morgan fingerprint density at radius 3 is 2.38 bits per heavy atom. The molecule has 0 bridgehead atoms. The summed E-state index contributed by atoms with van der Waals surface area (Å²) in [4.78, 5) is 23.5. The number of carbonyl (C=O) groups excluding carboxylic acids is 1. The topological polar surface area (TPSA) is 70.2 Å². The Hall–Kier alpha value is -2.63. The molecule has 6 heteroatoms. The molecule has 3 rings (SSSR count). The van der Waals surface area contributed by atoms with Crippen molar-refractivity contribution in [2.24, 2.45) is 5.92 Å². The lowest BCUT2D eigenvalue weighted by atomic mass is 10.0. The minimum atomic E-state index is 0.100. The van der Waals surface area contributed by atoms with Crippen LogP contribution in [0.15, 0.2) is 30.3 Å². The summed E-state index contributed by atoms with van der Waals surface area (Å²) in [5.74, 6) is 2.35. The first-order valence-electron chi connectivity index (χ1n) is 10.8. The number of amides is 1. The van der Waals surface area contributed by atoms with E-state index < -0.39 is 0 Å². The first-order valence-corrected chi connectivity index (χ1v) is 10.8. The van der Waals surface area contributed by atoms with E-state index in [4.69, 9.17) is 0 Å². The van der Waals surface area contributed by atoms with Gasteiger partial charge in [0.05, 0.1) is 0 Å². The summed E-state index contributed by atoms with van der Waals surface area (Å²) in [6.45, 7) is 8.02. The molecule has 1 aliphatic rings. The van der Waals surface area contributed by atoms with Crippen molar-refractivity contribution in [2.75, 3.05) is 28.6 Å². The van der Waals surface area contributed by atoms with Crippen LogP contribution in [0.1, 0.15) is 58.1 Å². The van der Waals surface area contributed by atoms with E-state index in [1.165, 1.54) is 25.7 Å². The number of hydrogen-bond donors (Lipinski definition) is 2. The van der Waals surface area contributed by atoms with Gasteiger partial charge >= 0.3 is 0 Å². The van der Waals surface area contributed by atoms with Crippen LogP contribution in [0.4, 0.5) is 23.1 Å². The number of nitrogens with one attached hydrogen (secondary N) is 2. The molecule has 1 fully saturated rings. The Morgan fingerprint density at radius 1 is 1.07 bits per heavy atom. The summed E-state index contributed by atoms with van der Waals surface area (Å²) in [6.07, 6.45) is 6.82. The number of aromatic nitrogens is 2. The van der Waals surface area contributed by atoms with E-state index in [0.29, 0.717) is 12.4 Å². The van der Waals surface area contributed by atoms with Gasteiger partial charge in [0.2, 0.25) is 11.9 Å². The molecule has 156 valence electrons. The molecule has 1 aliphatic carbocycles. The molecule has 0 spiro atoms. The van der Waals surface area contributed by atoms with Crippen LogP contribution in [0.5, 0.6) is 0 Å². The van der Waals surface area contributed by atoms with E-state index in [1.54, 1.807) is 0 Å². The molecular formula is C23H33N5O. The maximum Gasteiger partial charge on any atom is 0.229 e. The van der Waals surface area contributed by atoms with Crippen LogP contribution in [0, 0.1) is 12.8 Å². The number of hydrogen-bond acceptors (Lipinski definition) is 5. The number of nitrogens with zero attached hydrogens (tertiary/aromatic N) is 3. The number of benzene rings is 1. The molecule has 29 heavy (non-hydrogen) atoms. The molecule has 6 nitrogen and oxygen atoms in total. The third kappa shape index (κ3) is 6.17. The average Bonchev–Trinajstić information content (AvgIpc) is 3.22. The molecule has 2 aromatic rings. The van der Waals surface area contributed by atoms with E-state index in [1.807, 2.05) is 37.3 Å². The van der Waals surface area contributed by atoms with Crippen molar-refractivity contribution in [3.63, 3.8) is 0 Å². The van der Waals surface area contributed by atoms with Crippen LogP contribution in [0.3, 0.4) is 0 Å². The second-order valence-corrected chi connectivity index (χ2v) is 7.80. The highest BCUT2D eigenvalue weighted by atomic mass is 16.1. The Bertz CT molecular complexity index is 795. The molecule has 1 amide bonds.